The normalized spacial score (nSPS) is 19.7. The Bertz CT molecular complexity index is 433. The first kappa shape index (κ1) is 16.3. The fourth-order valence-corrected chi connectivity index (χ4v) is 2.72. The number of hydrogen-bond acceptors (Lipinski definition) is 4. The van der Waals surface area contributed by atoms with E-state index in [0.717, 1.165) is 44.8 Å². The van der Waals surface area contributed by atoms with E-state index in [4.69, 9.17) is 5.73 Å². The van der Waals surface area contributed by atoms with Gasteiger partial charge in [-0.2, -0.15) is 0 Å². The van der Waals surface area contributed by atoms with Crippen molar-refractivity contribution in [3.8, 4) is 0 Å². The predicted molar refractivity (Wildman–Crippen MR) is 83.5 cm³/mol. The van der Waals surface area contributed by atoms with Crippen LogP contribution in [0, 0.1) is 5.82 Å². The van der Waals surface area contributed by atoms with Crippen LogP contribution < -0.4 is 5.73 Å². The molecule has 0 aliphatic carbocycles. The van der Waals surface area contributed by atoms with Crippen LogP contribution in [0.2, 0.25) is 0 Å². The molecule has 0 amide bonds. The Hall–Kier alpha value is -1.04. The van der Waals surface area contributed by atoms with E-state index >= 15 is 0 Å². The van der Waals surface area contributed by atoms with Crippen LogP contribution in [0.3, 0.4) is 0 Å². The molecule has 1 fully saturated rings. The lowest BCUT2D eigenvalue weighted by Crippen LogP contribution is -2.53. The van der Waals surface area contributed by atoms with Crippen LogP contribution in [0.4, 0.5) is 4.39 Å². The summed E-state index contributed by atoms with van der Waals surface area (Å²) in [6.45, 7) is 12.1. The van der Waals surface area contributed by atoms with Crippen molar-refractivity contribution in [2.45, 2.75) is 38.8 Å². The molecule has 118 valence electrons. The van der Waals surface area contributed by atoms with E-state index < -0.39 is 0 Å². The third-order valence-corrected chi connectivity index (χ3v) is 4.21. The van der Waals surface area contributed by atoms with Crippen molar-refractivity contribution in [3.05, 3.63) is 29.8 Å². The first-order chi connectivity index (χ1) is 9.86. The van der Waals surface area contributed by atoms with Crippen LogP contribution in [0.25, 0.3) is 0 Å². The summed E-state index contributed by atoms with van der Waals surface area (Å²) in [7, 11) is 0. The summed E-state index contributed by atoms with van der Waals surface area (Å²) in [5, 5.41) is 0. The molecule has 2 heterocycles. The van der Waals surface area contributed by atoms with Gasteiger partial charge in [-0.25, -0.2) is 4.39 Å². The SMILES string of the molecule is CC(C)(C)N1CCN(CCC(N)c2ccc(F)cn2)CC1. The zero-order valence-corrected chi connectivity index (χ0v) is 13.3. The highest BCUT2D eigenvalue weighted by Crippen LogP contribution is 2.17. The Morgan fingerprint density at radius 2 is 1.90 bits per heavy atom. The van der Waals surface area contributed by atoms with Crippen LogP contribution in [-0.4, -0.2) is 53.0 Å². The third kappa shape index (κ3) is 4.73. The number of nitrogens with zero attached hydrogens (tertiary/aromatic N) is 3. The van der Waals surface area contributed by atoms with Gasteiger partial charge in [-0.3, -0.25) is 9.88 Å². The Kier molecular flexibility index (Phi) is 5.30. The fourth-order valence-electron chi connectivity index (χ4n) is 2.72. The standard InChI is InChI=1S/C16H27FN4/c1-16(2,3)21-10-8-20(9-11-21)7-6-14(18)15-5-4-13(17)12-19-15/h4-5,12,14H,6-11,18H2,1-3H3. The van der Waals surface area contributed by atoms with E-state index in [0.29, 0.717) is 0 Å². The number of rotatable bonds is 4. The van der Waals surface area contributed by atoms with Gasteiger partial charge in [-0.15, -0.1) is 0 Å². The number of nitrogens with two attached hydrogens (primary N) is 1. The summed E-state index contributed by atoms with van der Waals surface area (Å²) in [6.07, 6.45) is 2.09. The van der Waals surface area contributed by atoms with E-state index in [1.165, 1.54) is 12.3 Å². The number of piperazine rings is 1. The maximum atomic E-state index is 12.8. The molecule has 1 aliphatic heterocycles. The van der Waals surface area contributed by atoms with Gasteiger partial charge in [0, 0.05) is 44.3 Å². The lowest BCUT2D eigenvalue weighted by atomic mass is 10.0. The summed E-state index contributed by atoms with van der Waals surface area (Å²) in [5.74, 6) is -0.316. The first-order valence-electron chi connectivity index (χ1n) is 7.71. The Labute approximate surface area is 127 Å². The molecule has 21 heavy (non-hydrogen) atoms. The van der Waals surface area contributed by atoms with Crippen molar-refractivity contribution in [2.24, 2.45) is 5.73 Å². The lowest BCUT2D eigenvalue weighted by molar-refractivity contribution is 0.0610. The van der Waals surface area contributed by atoms with Gasteiger partial charge in [0.2, 0.25) is 0 Å². The van der Waals surface area contributed by atoms with Gasteiger partial charge in [0.1, 0.15) is 5.82 Å². The van der Waals surface area contributed by atoms with Crippen LogP contribution in [0.5, 0.6) is 0 Å². The van der Waals surface area contributed by atoms with Crippen LogP contribution in [0.1, 0.15) is 38.9 Å². The Morgan fingerprint density at radius 1 is 1.24 bits per heavy atom. The highest BCUT2D eigenvalue weighted by Gasteiger charge is 2.25. The molecular weight excluding hydrogens is 267 g/mol. The van der Waals surface area contributed by atoms with Crippen molar-refractivity contribution < 1.29 is 4.39 Å². The summed E-state index contributed by atoms with van der Waals surface area (Å²) in [4.78, 5) is 9.03. The second-order valence-corrected chi connectivity index (χ2v) is 6.80. The van der Waals surface area contributed by atoms with Crippen LogP contribution >= 0.6 is 0 Å². The Balaban J connectivity index is 1.76. The van der Waals surface area contributed by atoms with E-state index in [9.17, 15) is 4.39 Å². The summed E-state index contributed by atoms with van der Waals surface area (Å²) in [6, 6.07) is 2.98. The average Bonchev–Trinajstić information content (AvgIpc) is 2.45. The minimum Gasteiger partial charge on any atom is -0.323 e. The molecule has 1 atom stereocenters. The van der Waals surface area contributed by atoms with Gasteiger partial charge in [-0.05, 0) is 39.3 Å². The average molecular weight is 294 g/mol. The molecule has 4 nitrogen and oxygen atoms in total. The van der Waals surface area contributed by atoms with Crippen LogP contribution in [0.15, 0.2) is 18.3 Å². The molecule has 0 bridgehead atoms. The Morgan fingerprint density at radius 3 is 2.43 bits per heavy atom. The molecule has 0 aromatic carbocycles. The molecule has 1 aromatic heterocycles. The molecule has 1 aromatic rings. The molecular formula is C16H27FN4. The molecule has 0 radical (unpaired) electrons. The molecule has 2 rings (SSSR count). The first-order valence-corrected chi connectivity index (χ1v) is 7.71. The second-order valence-electron chi connectivity index (χ2n) is 6.80. The van der Waals surface area contributed by atoms with Gasteiger partial charge in [0.25, 0.3) is 0 Å². The van der Waals surface area contributed by atoms with E-state index in [-0.39, 0.29) is 17.4 Å². The van der Waals surface area contributed by atoms with Crippen molar-refractivity contribution >= 4 is 0 Å². The van der Waals surface area contributed by atoms with Gasteiger partial charge in [0.05, 0.1) is 11.9 Å². The van der Waals surface area contributed by atoms with Gasteiger partial charge >= 0.3 is 0 Å². The third-order valence-electron chi connectivity index (χ3n) is 4.21. The fraction of sp³-hybridized carbons (Fsp3) is 0.688. The monoisotopic (exact) mass is 294 g/mol. The lowest BCUT2D eigenvalue weighted by Gasteiger charge is -2.42. The van der Waals surface area contributed by atoms with Crippen LogP contribution in [-0.2, 0) is 0 Å². The number of hydrogen-bond donors (Lipinski definition) is 1. The maximum Gasteiger partial charge on any atom is 0.141 e. The van der Waals surface area contributed by atoms with E-state index in [1.807, 2.05) is 0 Å². The zero-order valence-electron chi connectivity index (χ0n) is 13.3. The zero-order chi connectivity index (χ0) is 15.5. The minimum atomic E-state index is -0.316. The topological polar surface area (TPSA) is 45.4 Å². The van der Waals surface area contributed by atoms with Gasteiger partial charge in [-0.1, -0.05) is 0 Å². The molecule has 1 aliphatic rings. The van der Waals surface area contributed by atoms with Crippen molar-refractivity contribution in [2.75, 3.05) is 32.7 Å². The molecule has 1 unspecified atom stereocenters. The summed E-state index contributed by atoms with van der Waals surface area (Å²) < 4.78 is 12.8. The highest BCUT2D eigenvalue weighted by atomic mass is 19.1. The number of aromatic nitrogens is 1. The second kappa shape index (κ2) is 6.81. The molecule has 0 saturated carbocycles. The number of pyridine rings is 1. The quantitative estimate of drug-likeness (QED) is 0.923. The molecule has 2 N–H and O–H groups in total. The smallest absolute Gasteiger partial charge is 0.141 e. The maximum absolute atomic E-state index is 12.8. The number of halogens is 1. The van der Waals surface area contributed by atoms with Crippen molar-refractivity contribution in [1.82, 2.24) is 14.8 Å². The molecule has 1 saturated heterocycles. The highest BCUT2D eigenvalue weighted by molar-refractivity contribution is 5.09. The van der Waals surface area contributed by atoms with Gasteiger partial charge in [0.15, 0.2) is 0 Å². The summed E-state index contributed by atoms with van der Waals surface area (Å²) >= 11 is 0. The molecule has 5 heteroatoms. The van der Waals surface area contributed by atoms with Crippen molar-refractivity contribution in [3.63, 3.8) is 0 Å². The van der Waals surface area contributed by atoms with Crippen molar-refractivity contribution in [1.29, 1.82) is 0 Å². The summed E-state index contributed by atoms with van der Waals surface area (Å²) in [5.41, 5.74) is 7.16. The molecule has 0 spiro atoms. The largest absolute Gasteiger partial charge is 0.323 e. The minimum absolute atomic E-state index is 0.119. The van der Waals surface area contributed by atoms with Gasteiger partial charge < -0.3 is 10.6 Å². The predicted octanol–water partition coefficient (Wildman–Crippen LogP) is 2.03. The van der Waals surface area contributed by atoms with E-state index in [2.05, 4.69) is 35.6 Å². The van der Waals surface area contributed by atoms with E-state index in [1.54, 1.807) is 6.07 Å².